The smallest absolute Gasteiger partial charge is 0.283 e. The topological polar surface area (TPSA) is 85.1 Å². The molecule has 0 atom stereocenters. The summed E-state index contributed by atoms with van der Waals surface area (Å²) in [6, 6.07) is 10.2. The first-order valence-corrected chi connectivity index (χ1v) is 7.23. The largest absolute Gasteiger partial charge is 0.482 e. The number of hydrogen-bond acceptors (Lipinski definition) is 6. The minimum Gasteiger partial charge on any atom is -0.482 e. The monoisotopic (exact) mass is 379 g/mol. The highest BCUT2D eigenvalue weighted by Crippen LogP contribution is 2.27. The molecule has 0 saturated carbocycles. The van der Waals surface area contributed by atoms with Gasteiger partial charge in [0.25, 0.3) is 11.8 Å². The molecule has 0 aliphatic rings. The van der Waals surface area contributed by atoms with Gasteiger partial charge in [0.1, 0.15) is 5.75 Å². The molecule has 0 N–H and O–H groups in total. The van der Waals surface area contributed by atoms with Gasteiger partial charge < -0.3 is 13.6 Å². The van der Waals surface area contributed by atoms with E-state index in [4.69, 9.17) is 30.4 Å². The molecule has 3 rings (SSSR count). The standard InChI is InChI=1S/C14H7BrClN3O3/c15-12-4-3-11(21-12)14-19-18-13(22-14)7-20-10-2-1-8(6-17)5-9(10)16/h1-5H,7H2. The highest BCUT2D eigenvalue weighted by molar-refractivity contribution is 9.10. The molecule has 6 nitrogen and oxygen atoms in total. The zero-order chi connectivity index (χ0) is 15.5. The molecule has 22 heavy (non-hydrogen) atoms. The summed E-state index contributed by atoms with van der Waals surface area (Å²) >= 11 is 9.21. The van der Waals surface area contributed by atoms with Crippen LogP contribution >= 0.6 is 27.5 Å². The Kier molecular flexibility index (Phi) is 4.13. The Labute approximate surface area is 138 Å². The Morgan fingerprint density at radius 3 is 2.77 bits per heavy atom. The lowest BCUT2D eigenvalue weighted by Gasteiger charge is -2.05. The van der Waals surface area contributed by atoms with Gasteiger partial charge in [-0.25, -0.2) is 0 Å². The van der Waals surface area contributed by atoms with E-state index in [1.807, 2.05) is 6.07 Å². The third-order valence-electron chi connectivity index (χ3n) is 2.66. The quantitative estimate of drug-likeness (QED) is 0.674. The van der Waals surface area contributed by atoms with Crippen LogP contribution in [0.5, 0.6) is 5.75 Å². The van der Waals surface area contributed by atoms with E-state index in [1.54, 1.807) is 24.3 Å². The van der Waals surface area contributed by atoms with Crippen LogP contribution in [0.4, 0.5) is 0 Å². The van der Waals surface area contributed by atoms with Gasteiger partial charge in [-0.3, -0.25) is 0 Å². The highest BCUT2D eigenvalue weighted by Gasteiger charge is 2.13. The first kappa shape index (κ1) is 14.6. The van der Waals surface area contributed by atoms with Crippen molar-refractivity contribution in [3.8, 4) is 23.5 Å². The van der Waals surface area contributed by atoms with Gasteiger partial charge in [-0.05, 0) is 46.3 Å². The van der Waals surface area contributed by atoms with Crippen molar-refractivity contribution in [2.75, 3.05) is 0 Å². The molecule has 2 aromatic heterocycles. The molecule has 1 aromatic carbocycles. The van der Waals surface area contributed by atoms with Crippen molar-refractivity contribution in [3.63, 3.8) is 0 Å². The van der Waals surface area contributed by atoms with Crippen molar-refractivity contribution in [1.82, 2.24) is 10.2 Å². The zero-order valence-corrected chi connectivity index (χ0v) is 13.3. The van der Waals surface area contributed by atoms with Crippen LogP contribution in [-0.2, 0) is 6.61 Å². The summed E-state index contributed by atoms with van der Waals surface area (Å²) in [6.07, 6.45) is 0. The minimum atomic E-state index is 0.0561. The van der Waals surface area contributed by atoms with E-state index >= 15 is 0 Å². The van der Waals surface area contributed by atoms with E-state index in [0.717, 1.165) is 0 Å². The van der Waals surface area contributed by atoms with Crippen LogP contribution in [0, 0.1) is 11.3 Å². The normalized spacial score (nSPS) is 10.4. The molecular weight excluding hydrogens is 374 g/mol. The number of halogens is 2. The van der Waals surface area contributed by atoms with E-state index in [9.17, 15) is 0 Å². The van der Waals surface area contributed by atoms with Gasteiger partial charge in [-0.15, -0.1) is 10.2 Å². The fraction of sp³-hybridized carbons (Fsp3) is 0.0714. The SMILES string of the molecule is N#Cc1ccc(OCc2nnc(-c3ccc(Br)o3)o2)c(Cl)c1. The Bertz CT molecular complexity index is 853. The van der Waals surface area contributed by atoms with E-state index in [2.05, 4.69) is 26.1 Å². The molecule has 0 fully saturated rings. The van der Waals surface area contributed by atoms with Crippen LogP contribution in [0.15, 0.2) is 43.8 Å². The molecule has 3 aromatic rings. The molecule has 2 heterocycles. The summed E-state index contributed by atoms with van der Waals surface area (Å²) < 4.78 is 16.8. The van der Waals surface area contributed by atoms with Gasteiger partial charge in [-0.2, -0.15) is 5.26 Å². The lowest BCUT2D eigenvalue weighted by Crippen LogP contribution is -1.96. The summed E-state index contributed by atoms with van der Waals surface area (Å²) in [4.78, 5) is 0. The third kappa shape index (κ3) is 3.13. The molecule has 0 radical (unpaired) electrons. The molecule has 0 unspecified atom stereocenters. The van der Waals surface area contributed by atoms with Gasteiger partial charge in [-0.1, -0.05) is 11.6 Å². The molecule has 8 heteroatoms. The van der Waals surface area contributed by atoms with Crippen molar-refractivity contribution in [2.45, 2.75) is 6.61 Å². The molecule has 0 saturated heterocycles. The van der Waals surface area contributed by atoms with Crippen LogP contribution < -0.4 is 4.74 Å². The lowest BCUT2D eigenvalue weighted by molar-refractivity contribution is 0.264. The maximum atomic E-state index is 8.78. The molecule has 0 aliphatic heterocycles. The van der Waals surface area contributed by atoms with Gasteiger partial charge in [0.15, 0.2) is 17.0 Å². The van der Waals surface area contributed by atoms with Crippen LogP contribution in [0.1, 0.15) is 11.5 Å². The van der Waals surface area contributed by atoms with Crippen LogP contribution in [0.2, 0.25) is 5.02 Å². The predicted octanol–water partition coefficient (Wildman–Crippen LogP) is 4.20. The zero-order valence-electron chi connectivity index (χ0n) is 10.9. The van der Waals surface area contributed by atoms with Crippen molar-refractivity contribution in [1.29, 1.82) is 5.26 Å². The Morgan fingerprint density at radius 1 is 1.23 bits per heavy atom. The first-order chi connectivity index (χ1) is 10.7. The number of aromatic nitrogens is 2. The number of furan rings is 1. The Balaban J connectivity index is 1.70. The van der Waals surface area contributed by atoms with Crippen LogP contribution in [0.3, 0.4) is 0 Å². The van der Waals surface area contributed by atoms with E-state index < -0.39 is 0 Å². The van der Waals surface area contributed by atoms with Crippen molar-refractivity contribution < 1.29 is 13.6 Å². The van der Waals surface area contributed by atoms with Crippen LogP contribution in [-0.4, -0.2) is 10.2 Å². The molecule has 0 bridgehead atoms. The second kappa shape index (κ2) is 6.22. The number of ether oxygens (including phenoxy) is 1. The average molecular weight is 381 g/mol. The highest BCUT2D eigenvalue weighted by atomic mass is 79.9. The summed E-state index contributed by atoms with van der Waals surface area (Å²) in [7, 11) is 0. The number of benzene rings is 1. The van der Waals surface area contributed by atoms with E-state index in [1.165, 1.54) is 6.07 Å². The van der Waals surface area contributed by atoms with Crippen molar-refractivity contribution in [3.05, 3.63) is 51.5 Å². The van der Waals surface area contributed by atoms with Crippen molar-refractivity contribution >= 4 is 27.5 Å². The van der Waals surface area contributed by atoms with Gasteiger partial charge in [0.2, 0.25) is 0 Å². The maximum Gasteiger partial charge on any atom is 0.283 e. The second-order valence-electron chi connectivity index (χ2n) is 4.15. The number of nitrogens with zero attached hydrogens (tertiary/aromatic N) is 3. The molecule has 0 spiro atoms. The maximum absolute atomic E-state index is 8.78. The summed E-state index contributed by atoms with van der Waals surface area (Å²) in [5.41, 5.74) is 0.459. The third-order valence-corrected chi connectivity index (χ3v) is 3.38. The average Bonchev–Trinajstić information content (AvgIpc) is 3.14. The van der Waals surface area contributed by atoms with E-state index in [-0.39, 0.29) is 18.4 Å². The van der Waals surface area contributed by atoms with Gasteiger partial charge in [0, 0.05) is 0 Å². The molecule has 110 valence electrons. The molecule has 0 aliphatic carbocycles. The summed E-state index contributed by atoms with van der Waals surface area (Å²) in [5.74, 6) is 1.43. The molecular formula is C14H7BrClN3O3. The van der Waals surface area contributed by atoms with Crippen molar-refractivity contribution in [2.24, 2.45) is 0 Å². The Hall–Kier alpha value is -2.30. The van der Waals surface area contributed by atoms with E-state index in [0.29, 0.717) is 26.8 Å². The van der Waals surface area contributed by atoms with Gasteiger partial charge in [0.05, 0.1) is 16.7 Å². The summed E-state index contributed by atoms with van der Waals surface area (Å²) in [6.45, 7) is 0.0561. The first-order valence-electron chi connectivity index (χ1n) is 6.06. The predicted molar refractivity (Wildman–Crippen MR) is 80.2 cm³/mol. The van der Waals surface area contributed by atoms with Gasteiger partial charge >= 0.3 is 0 Å². The minimum absolute atomic E-state index is 0.0561. The second-order valence-corrected chi connectivity index (χ2v) is 5.34. The molecule has 0 amide bonds. The fourth-order valence-electron chi connectivity index (χ4n) is 1.67. The fourth-order valence-corrected chi connectivity index (χ4v) is 2.21. The number of nitriles is 1. The lowest BCUT2D eigenvalue weighted by atomic mass is 10.2. The van der Waals surface area contributed by atoms with Crippen LogP contribution in [0.25, 0.3) is 11.7 Å². The summed E-state index contributed by atoms with van der Waals surface area (Å²) in [5, 5.41) is 16.9. The number of hydrogen-bond donors (Lipinski definition) is 0. The Morgan fingerprint density at radius 2 is 2.09 bits per heavy atom. The number of rotatable bonds is 4.